The van der Waals surface area contributed by atoms with Gasteiger partial charge in [0.1, 0.15) is 0 Å². The minimum absolute atomic E-state index is 0.0640. The Kier molecular flexibility index (Phi) is 7.86. The SMILES string of the molecule is CCCOCCOCCNC(=O)c1ccc(C)cc1. The molecule has 1 amide bonds. The monoisotopic (exact) mass is 265 g/mol. The van der Waals surface area contributed by atoms with Crippen molar-refractivity contribution < 1.29 is 14.3 Å². The predicted octanol–water partition coefficient (Wildman–Crippen LogP) is 2.17. The number of hydrogen-bond acceptors (Lipinski definition) is 3. The first-order chi connectivity index (χ1) is 9.24. The average molecular weight is 265 g/mol. The number of hydrogen-bond donors (Lipinski definition) is 1. The van der Waals surface area contributed by atoms with Crippen LogP contribution in [0.1, 0.15) is 29.3 Å². The van der Waals surface area contributed by atoms with Gasteiger partial charge in [-0.1, -0.05) is 24.6 Å². The summed E-state index contributed by atoms with van der Waals surface area (Å²) in [7, 11) is 0. The first-order valence-electron chi connectivity index (χ1n) is 6.74. The van der Waals surface area contributed by atoms with E-state index in [1.54, 1.807) is 0 Å². The second-order valence-electron chi connectivity index (χ2n) is 4.35. The number of aryl methyl sites for hydroxylation is 1. The quantitative estimate of drug-likeness (QED) is 0.696. The minimum atomic E-state index is -0.0640. The summed E-state index contributed by atoms with van der Waals surface area (Å²) < 4.78 is 10.6. The maximum atomic E-state index is 11.7. The van der Waals surface area contributed by atoms with Crippen LogP contribution in [0.4, 0.5) is 0 Å². The zero-order chi connectivity index (χ0) is 13.9. The molecule has 0 aromatic heterocycles. The van der Waals surface area contributed by atoms with Crippen molar-refractivity contribution in [1.29, 1.82) is 0 Å². The topological polar surface area (TPSA) is 47.6 Å². The molecule has 1 rings (SSSR count). The fourth-order valence-electron chi connectivity index (χ4n) is 1.51. The number of rotatable bonds is 9. The third-order valence-electron chi connectivity index (χ3n) is 2.57. The summed E-state index contributed by atoms with van der Waals surface area (Å²) >= 11 is 0. The minimum Gasteiger partial charge on any atom is -0.379 e. The number of nitrogens with one attached hydrogen (secondary N) is 1. The van der Waals surface area contributed by atoms with Crippen LogP contribution in [-0.2, 0) is 9.47 Å². The van der Waals surface area contributed by atoms with Gasteiger partial charge in [-0.15, -0.1) is 0 Å². The van der Waals surface area contributed by atoms with Crippen LogP contribution in [0.15, 0.2) is 24.3 Å². The molecule has 0 atom stereocenters. The molecule has 4 nitrogen and oxygen atoms in total. The lowest BCUT2D eigenvalue weighted by atomic mass is 10.1. The third-order valence-corrected chi connectivity index (χ3v) is 2.57. The van der Waals surface area contributed by atoms with Crippen molar-refractivity contribution in [1.82, 2.24) is 5.32 Å². The number of benzene rings is 1. The van der Waals surface area contributed by atoms with E-state index in [0.717, 1.165) is 18.6 Å². The Balaban J connectivity index is 2.06. The molecule has 0 aliphatic carbocycles. The number of carbonyl (C=O) groups excluding carboxylic acids is 1. The highest BCUT2D eigenvalue weighted by Gasteiger charge is 2.03. The van der Waals surface area contributed by atoms with Gasteiger partial charge in [-0.2, -0.15) is 0 Å². The first-order valence-corrected chi connectivity index (χ1v) is 6.74. The van der Waals surface area contributed by atoms with Gasteiger partial charge in [0, 0.05) is 18.7 Å². The molecule has 0 fully saturated rings. The summed E-state index contributed by atoms with van der Waals surface area (Å²) in [5.74, 6) is -0.0640. The van der Waals surface area contributed by atoms with E-state index in [4.69, 9.17) is 9.47 Å². The van der Waals surface area contributed by atoms with E-state index in [-0.39, 0.29) is 5.91 Å². The van der Waals surface area contributed by atoms with E-state index in [9.17, 15) is 4.79 Å². The van der Waals surface area contributed by atoms with Crippen LogP contribution in [0.5, 0.6) is 0 Å². The van der Waals surface area contributed by atoms with Crippen LogP contribution in [0.25, 0.3) is 0 Å². The molecular weight excluding hydrogens is 242 g/mol. The number of ether oxygens (including phenoxy) is 2. The van der Waals surface area contributed by atoms with E-state index in [1.165, 1.54) is 0 Å². The van der Waals surface area contributed by atoms with Gasteiger partial charge >= 0.3 is 0 Å². The van der Waals surface area contributed by atoms with Crippen molar-refractivity contribution in [3.63, 3.8) is 0 Å². The van der Waals surface area contributed by atoms with Crippen molar-refractivity contribution in [2.45, 2.75) is 20.3 Å². The largest absolute Gasteiger partial charge is 0.379 e. The Labute approximate surface area is 115 Å². The molecular formula is C15H23NO3. The van der Waals surface area contributed by atoms with Crippen LogP contribution >= 0.6 is 0 Å². The Bertz CT molecular complexity index is 362. The molecule has 0 saturated heterocycles. The molecule has 1 aromatic rings. The summed E-state index contributed by atoms with van der Waals surface area (Å²) in [5.41, 5.74) is 1.82. The summed E-state index contributed by atoms with van der Waals surface area (Å²) in [6.07, 6.45) is 1.02. The van der Waals surface area contributed by atoms with Crippen LogP contribution in [0.3, 0.4) is 0 Å². The maximum Gasteiger partial charge on any atom is 0.251 e. The average Bonchev–Trinajstić information content (AvgIpc) is 2.42. The van der Waals surface area contributed by atoms with Crippen molar-refractivity contribution >= 4 is 5.91 Å². The van der Waals surface area contributed by atoms with Crippen molar-refractivity contribution in [3.05, 3.63) is 35.4 Å². The summed E-state index contributed by atoms with van der Waals surface area (Å²) in [5, 5.41) is 2.82. The van der Waals surface area contributed by atoms with E-state index in [0.29, 0.717) is 31.9 Å². The second-order valence-corrected chi connectivity index (χ2v) is 4.35. The zero-order valence-corrected chi connectivity index (χ0v) is 11.8. The normalized spacial score (nSPS) is 10.4. The Morgan fingerprint density at radius 1 is 1.05 bits per heavy atom. The molecule has 0 aliphatic rings. The highest BCUT2D eigenvalue weighted by atomic mass is 16.5. The van der Waals surface area contributed by atoms with E-state index in [1.807, 2.05) is 31.2 Å². The first kappa shape index (κ1) is 15.7. The van der Waals surface area contributed by atoms with Gasteiger partial charge in [-0.05, 0) is 25.5 Å². The van der Waals surface area contributed by atoms with Crippen LogP contribution in [0, 0.1) is 6.92 Å². The molecule has 106 valence electrons. The molecule has 0 saturated carbocycles. The molecule has 0 radical (unpaired) electrons. The maximum absolute atomic E-state index is 11.7. The van der Waals surface area contributed by atoms with Gasteiger partial charge in [0.2, 0.25) is 0 Å². The lowest BCUT2D eigenvalue weighted by molar-refractivity contribution is 0.0485. The molecule has 0 bridgehead atoms. The van der Waals surface area contributed by atoms with E-state index in [2.05, 4.69) is 12.2 Å². The second kappa shape index (κ2) is 9.53. The third kappa shape index (κ3) is 6.94. The smallest absolute Gasteiger partial charge is 0.251 e. The molecule has 0 heterocycles. The Morgan fingerprint density at radius 3 is 2.32 bits per heavy atom. The molecule has 0 aliphatic heterocycles. The fraction of sp³-hybridized carbons (Fsp3) is 0.533. The molecule has 0 spiro atoms. The van der Waals surface area contributed by atoms with E-state index >= 15 is 0 Å². The summed E-state index contributed by atoms with van der Waals surface area (Å²) in [4.78, 5) is 11.7. The highest BCUT2D eigenvalue weighted by molar-refractivity contribution is 5.94. The van der Waals surface area contributed by atoms with Crippen LogP contribution in [0.2, 0.25) is 0 Å². The van der Waals surface area contributed by atoms with Gasteiger partial charge in [-0.25, -0.2) is 0 Å². The van der Waals surface area contributed by atoms with Crippen LogP contribution in [-0.4, -0.2) is 38.9 Å². The standard InChI is InChI=1S/C15H23NO3/c1-3-9-18-11-12-19-10-8-16-15(17)14-6-4-13(2)5-7-14/h4-7H,3,8-12H2,1-2H3,(H,16,17). The molecule has 0 unspecified atom stereocenters. The van der Waals surface area contributed by atoms with Crippen LogP contribution < -0.4 is 5.32 Å². The van der Waals surface area contributed by atoms with Gasteiger partial charge in [0.25, 0.3) is 5.91 Å². The van der Waals surface area contributed by atoms with Gasteiger partial charge in [0.05, 0.1) is 19.8 Å². The zero-order valence-electron chi connectivity index (χ0n) is 11.8. The Morgan fingerprint density at radius 2 is 1.68 bits per heavy atom. The molecule has 4 heteroatoms. The van der Waals surface area contributed by atoms with Gasteiger partial charge < -0.3 is 14.8 Å². The predicted molar refractivity (Wildman–Crippen MR) is 75.4 cm³/mol. The molecule has 1 N–H and O–H groups in total. The highest BCUT2D eigenvalue weighted by Crippen LogP contribution is 2.02. The Hall–Kier alpha value is -1.39. The lowest BCUT2D eigenvalue weighted by Gasteiger charge is -2.07. The van der Waals surface area contributed by atoms with Crippen molar-refractivity contribution in [2.24, 2.45) is 0 Å². The van der Waals surface area contributed by atoms with Crippen molar-refractivity contribution in [2.75, 3.05) is 33.0 Å². The summed E-state index contributed by atoms with van der Waals surface area (Å²) in [6.45, 7) is 7.04. The van der Waals surface area contributed by atoms with E-state index < -0.39 is 0 Å². The summed E-state index contributed by atoms with van der Waals surface area (Å²) in [6, 6.07) is 7.50. The lowest BCUT2D eigenvalue weighted by Crippen LogP contribution is -2.27. The molecule has 19 heavy (non-hydrogen) atoms. The fourth-order valence-corrected chi connectivity index (χ4v) is 1.51. The number of amides is 1. The number of carbonyl (C=O) groups is 1. The van der Waals surface area contributed by atoms with Crippen molar-refractivity contribution in [3.8, 4) is 0 Å². The van der Waals surface area contributed by atoms with Gasteiger partial charge in [-0.3, -0.25) is 4.79 Å². The van der Waals surface area contributed by atoms with Gasteiger partial charge in [0.15, 0.2) is 0 Å². The molecule has 1 aromatic carbocycles.